The Kier molecular flexibility index (Phi) is 9.68. The summed E-state index contributed by atoms with van der Waals surface area (Å²) in [6.45, 7) is 4.36. The van der Waals surface area contributed by atoms with Gasteiger partial charge in [0.15, 0.2) is 5.75 Å². The van der Waals surface area contributed by atoms with Crippen molar-refractivity contribution in [2.24, 2.45) is 0 Å². The number of unbranched alkanes of at least 4 members (excludes halogenated alkanes) is 11. The lowest BCUT2D eigenvalue weighted by atomic mass is 10.0. The predicted octanol–water partition coefficient (Wildman–Crippen LogP) is 5.64. The Morgan fingerprint density at radius 2 is 1.44 bits per heavy atom. The van der Waals surface area contributed by atoms with E-state index in [1.165, 1.54) is 77.0 Å². The number of anilines is 1. The Morgan fingerprint density at radius 1 is 0.880 bits per heavy atom. The van der Waals surface area contributed by atoms with Crippen LogP contribution in [0.25, 0.3) is 0 Å². The minimum absolute atomic E-state index is 0.257. The average Bonchev–Trinajstić information content (AvgIpc) is 2.57. The first kappa shape index (κ1) is 20.0. The summed E-state index contributed by atoms with van der Waals surface area (Å²) in [7, 11) is 0. The van der Waals surface area contributed by atoms with Gasteiger partial charge in [0.2, 0.25) is 5.95 Å². The molecule has 0 saturated carbocycles. The van der Waals surface area contributed by atoms with Gasteiger partial charge in [0.05, 0.1) is 11.9 Å². The van der Waals surface area contributed by atoms with Gasteiger partial charge >= 0.3 is 0 Å². The van der Waals surface area contributed by atoms with Crippen LogP contribution in [-0.4, -0.2) is 28.2 Å². The van der Waals surface area contributed by atoms with Crippen LogP contribution in [0.3, 0.4) is 0 Å². The molecule has 1 aromatic heterocycles. The quantitative estimate of drug-likeness (QED) is 0.443. The van der Waals surface area contributed by atoms with Gasteiger partial charge in [-0.3, -0.25) is 0 Å². The second-order valence-corrected chi connectivity index (χ2v) is 7.48. The Morgan fingerprint density at radius 3 is 1.96 bits per heavy atom. The monoisotopic (exact) mass is 347 g/mol. The highest BCUT2D eigenvalue weighted by molar-refractivity contribution is 5.37. The molecule has 0 radical (unpaired) electrons. The molecule has 1 aromatic rings. The SMILES string of the molecule is CCCCCCCCCCCCCCc1nc(N2CCC2)ncc1O. The van der Waals surface area contributed by atoms with Crippen LogP contribution in [0.1, 0.15) is 96.1 Å². The lowest BCUT2D eigenvalue weighted by Crippen LogP contribution is -2.38. The number of aromatic nitrogens is 2. The Hall–Kier alpha value is -1.32. The topological polar surface area (TPSA) is 49.2 Å². The van der Waals surface area contributed by atoms with E-state index >= 15 is 0 Å². The fraction of sp³-hybridized carbons (Fsp3) is 0.810. The van der Waals surface area contributed by atoms with Gasteiger partial charge in [-0.05, 0) is 19.3 Å². The number of rotatable bonds is 14. The molecule has 0 spiro atoms. The van der Waals surface area contributed by atoms with Crippen molar-refractivity contribution in [2.45, 2.75) is 96.8 Å². The zero-order valence-electron chi connectivity index (χ0n) is 16.2. The third-order valence-electron chi connectivity index (χ3n) is 5.24. The van der Waals surface area contributed by atoms with Gasteiger partial charge < -0.3 is 10.0 Å². The van der Waals surface area contributed by atoms with Crippen molar-refractivity contribution in [3.63, 3.8) is 0 Å². The van der Waals surface area contributed by atoms with Crippen LogP contribution in [0.2, 0.25) is 0 Å². The molecule has 1 N–H and O–H groups in total. The van der Waals surface area contributed by atoms with Crippen molar-refractivity contribution in [3.05, 3.63) is 11.9 Å². The van der Waals surface area contributed by atoms with Crippen molar-refractivity contribution in [1.29, 1.82) is 0 Å². The van der Waals surface area contributed by atoms with Crippen molar-refractivity contribution >= 4 is 5.95 Å². The van der Waals surface area contributed by atoms with Gasteiger partial charge in [-0.2, -0.15) is 0 Å². The van der Waals surface area contributed by atoms with Gasteiger partial charge in [-0.1, -0.05) is 77.6 Å². The zero-order valence-corrected chi connectivity index (χ0v) is 16.2. The van der Waals surface area contributed by atoms with Crippen molar-refractivity contribution < 1.29 is 5.11 Å². The van der Waals surface area contributed by atoms with Crippen LogP contribution in [-0.2, 0) is 6.42 Å². The van der Waals surface area contributed by atoms with E-state index in [4.69, 9.17) is 0 Å². The van der Waals surface area contributed by atoms with Crippen molar-refractivity contribution in [1.82, 2.24) is 9.97 Å². The van der Waals surface area contributed by atoms with Gasteiger partial charge in [0.25, 0.3) is 0 Å². The standard InChI is InChI=1S/C21H37N3O/c1-2-3-4-5-6-7-8-9-10-11-12-13-15-19-20(25)18-22-21(23-19)24-16-14-17-24/h18,25H,2-17H2,1H3. The predicted molar refractivity (Wildman–Crippen MR) is 105 cm³/mol. The van der Waals surface area contributed by atoms with Gasteiger partial charge in [-0.15, -0.1) is 0 Å². The molecule has 2 heterocycles. The van der Waals surface area contributed by atoms with E-state index in [0.717, 1.165) is 37.6 Å². The molecule has 1 aliphatic rings. The number of nitrogens with zero attached hydrogens (tertiary/aromatic N) is 3. The van der Waals surface area contributed by atoms with E-state index in [2.05, 4.69) is 21.8 Å². The summed E-state index contributed by atoms with van der Waals surface area (Å²) in [6, 6.07) is 0. The zero-order chi connectivity index (χ0) is 17.7. The summed E-state index contributed by atoms with van der Waals surface area (Å²) < 4.78 is 0. The Balaban J connectivity index is 1.48. The lowest BCUT2D eigenvalue weighted by Gasteiger charge is -2.30. The second kappa shape index (κ2) is 12.1. The molecule has 1 saturated heterocycles. The molecule has 25 heavy (non-hydrogen) atoms. The third kappa shape index (κ3) is 7.62. The van der Waals surface area contributed by atoms with Gasteiger partial charge in [0, 0.05) is 13.1 Å². The van der Waals surface area contributed by atoms with E-state index in [1.54, 1.807) is 6.20 Å². The number of aryl methyl sites for hydroxylation is 1. The first-order valence-corrected chi connectivity index (χ1v) is 10.6. The van der Waals surface area contributed by atoms with Crippen molar-refractivity contribution in [2.75, 3.05) is 18.0 Å². The molecule has 0 atom stereocenters. The van der Waals surface area contributed by atoms with E-state index in [9.17, 15) is 5.11 Å². The Labute approximate surface area is 154 Å². The molecule has 0 bridgehead atoms. The maximum absolute atomic E-state index is 9.94. The minimum Gasteiger partial charge on any atom is -0.504 e. The van der Waals surface area contributed by atoms with E-state index < -0.39 is 0 Å². The maximum Gasteiger partial charge on any atom is 0.225 e. The van der Waals surface area contributed by atoms with Crippen molar-refractivity contribution in [3.8, 4) is 5.75 Å². The lowest BCUT2D eigenvalue weighted by molar-refractivity contribution is 0.456. The minimum atomic E-state index is 0.257. The Bertz CT molecular complexity index is 474. The maximum atomic E-state index is 9.94. The molecule has 0 aliphatic carbocycles. The molecule has 2 rings (SSSR count). The van der Waals surface area contributed by atoms with Crippen LogP contribution in [0, 0.1) is 0 Å². The fourth-order valence-electron chi connectivity index (χ4n) is 3.39. The van der Waals surface area contributed by atoms with Gasteiger partial charge in [0.1, 0.15) is 0 Å². The highest BCUT2D eigenvalue weighted by atomic mass is 16.3. The average molecular weight is 348 g/mol. The van der Waals surface area contributed by atoms with E-state index in [1.807, 2.05) is 0 Å². The van der Waals surface area contributed by atoms with Gasteiger partial charge in [-0.25, -0.2) is 9.97 Å². The summed E-state index contributed by atoms with van der Waals surface area (Å²) in [6.07, 6.45) is 19.9. The van der Waals surface area contributed by atoms with Crippen LogP contribution in [0.4, 0.5) is 5.95 Å². The fourth-order valence-corrected chi connectivity index (χ4v) is 3.39. The summed E-state index contributed by atoms with van der Waals surface area (Å²) in [5.41, 5.74) is 0.823. The summed E-state index contributed by atoms with van der Waals surface area (Å²) in [5, 5.41) is 9.94. The number of hydrogen-bond donors (Lipinski definition) is 1. The second-order valence-electron chi connectivity index (χ2n) is 7.48. The molecule has 4 nitrogen and oxygen atoms in total. The highest BCUT2D eigenvalue weighted by Crippen LogP contribution is 2.22. The van der Waals surface area contributed by atoms with E-state index in [-0.39, 0.29) is 5.75 Å². The molecule has 1 fully saturated rings. The van der Waals surface area contributed by atoms with Crippen LogP contribution in [0.15, 0.2) is 6.20 Å². The molecule has 0 aromatic carbocycles. The molecule has 0 amide bonds. The summed E-state index contributed by atoms with van der Waals surface area (Å²) >= 11 is 0. The third-order valence-corrected chi connectivity index (χ3v) is 5.24. The van der Waals surface area contributed by atoms with Crippen LogP contribution >= 0.6 is 0 Å². The smallest absolute Gasteiger partial charge is 0.225 e. The normalized spacial score (nSPS) is 13.9. The van der Waals surface area contributed by atoms with Crippen LogP contribution in [0.5, 0.6) is 5.75 Å². The number of hydrogen-bond acceptors (Lipinski definition) is 4. The first-order chi connectivity index (χ1) is 12.3. The molecular weight excluding hydrogens is 310 g/mol. The largest absolute Gasteiger partial charge is 0.504 e. The molecule has 0 unspecified atom stereocenters. The van der Waals surface area contributed by atoms with E-state index in [0.29, 0.717) is 0 Å². The molecule has 142 valence electrons. The summed E-state index contributed by atoms with van der Waals surface area (Å²) in [5.74, 6) is 1.05. The molecule has 1 aliphatic heterocycles. The summed E-state index contributed by atoms with van der Waals surface area (Å²) in [4.78, 5) is 11.0. The first-order valence-electron chi connectivity index (χ1n) is 10.6. The highest BCUT2D eigenvalue weighted by Gasteiger charge is 2.18. The molecular formula is C21H37N3O. The van der Waals surface area contributed by atoms with Crippen LogP contribution < -0.4 is 4.90 Å². The molecule has 4 heteroatoms. The number of aromatic hydroxyl groups is 1.